The van der Waals surface area contributed by atoms with E-state index in [1.165, 1.54) is 26.2 Å². The maximum Gasteiger partial charge on any atom is 0.411 e. The lowest BCUT2D eigenvalue weighted by molar-refractivity contribution is -0.184. The van der Waals surface area contributed by atoms with Gasteiger partial charge in [0.1, 0.15) is 19.3 Å². The molecule has 0 radical (unpaired) electrons. The SMILES string of the molecule is COCC(=O)Nc1cccc(NC(=O)[C@@H](C)OCC(F)(F)F)c1. The smallest absolute Gasteiger partial charge is 0.375 e. The molecule has 0 aliphatic heterocycles. The van der Waals surface area contributed by atoms with Crippen LogP contribution in [-0.4, -0.2) is 44.4 Å². The van der Waals surface area contributed by atoms with Gasteiger partial charge in [0.25, 0.3) is 5.91 Å². The number of hydrogen-bond donors (Lipinski definition) is 2. The second-order valence-corrected chi connectivity index (χ2v) is 4.62. The molecule has 0 spiro atoms. The van der Waals surface area contributed by atoms with Crippen LogP contribution in [0.1, 0.15) is 6.92 Å². The second-order valence-electron chi connectivity index (χ2n) is 4.62. The monoisotopic (exact) mass is 334 g/mol. The predicted molar refractivity (Wildman–Crippen MR) is 77.0 cm³/mol. The molecule has 0 unspecified atom stereocenters. The molecular formula is C14H17F3N2O4. The van der Waals surface area contributed by atoms with Crippen LogP contribution < -0.4 is 10.6 Å². The Labute approximate surface area is 130 Å². The maximum absolute atomic E-state index is 12.0. The van der Waals surface area contributed by atoms with Gasteiger partial charge in [-0.25, -0.2) is 0 Å². The third-order valence-electron chi connectivity index (χ3n) is 2.56. The van der Waals surface area contributed by atoms with Crippen LogP contribution in [0.5, 0.6) is 0 Å². The van der Waals surface area contributed by atoms with Crippen LogP contribution in [0.3, 0.4) is 0 Å². The van der Waals surface area contributed by atoms with E-state index in [1.807, 2.05) is 0 Å². The number of anilines is 2. The van der Waals surface area contributed by atoms with E-state index in [-0.39, 0.29) is 12.5 Å². The van der Waals surface area contributed by atoms with Crippen LogP contribution in [-0.2, 0) is 19.1 Å². The minimum absolute atomic E-state index is 0.126. The molecule has 9 heteroatoms. The molecule has 0 aliphatic carbocycles. The lowest BCUT2D eigenvalue weighted by Gasteiger charge is -2.15. The quantitative estimate of drug-likeness (QED) is 0.801. The zero-order valence-electron chi connectivity index (χ0n) is 12.6. The number of hydrogen-bond acceptors (Lipinski definition) is 4. The molecular weight excluding hydrogens is 317 g/mol. The van der Waals surface area contributed by atoms with Gasteiger partial charge in [-0.3, -0.25) is 9.59 Å². The number of benzene rings is 1. The summed E-state index contributed by atoms with van der Waals surface area (Å²) in [5.41, 5.74) is 0.724. The summed E-state index contributed by atoms with van der Waals surface area (Å²) in [7, 11) is 1.37. The molecule has 128 valence electrons. The van der Waals surface area contributed by atoms with Crippen molar-refractivity contribution in [2.24, 2.45) is 0 Å². The fourth-order valence-electron chi connectivity index (χ4n) is 1.54. The number of carbonyl (C=O) groups excluding carboxylic acids is 2. The van der Waals surface area contributed by atoms with Gasteiger partial charge < -0.3 is 20.1 Å². The first kappa shape index (κ1) is 18.9. The Morgan fingerprint density at radius 2 is 1.83 bits per heavy atom. The number of methoxy groups -OCH3 is 1. The van der Waals surface area contributed by atoms with E-state index >= 15 is 0 Å². The van der Waals surface area contributed by atoms with Crippen molar-refractivity contribution < 1.29 is 32.2 Å². The van der Waals surface area contributed by atoms with Crippen LogP contribution in [0.25, 0.3) is 0 Å². The number of alkyl halides is 3. The number of nitrogens with one attached hydrogen (secondary N) is 2. The summed E-state index contributed by atoms with van der Waals surface area (Å²) in [6.45, 7) is -0.418. The molecule has 2 amide bonds. The van der Waals surface area contributed by atoms with Crippen molar-refractivity contribution in [2.75, 3.05) is 31.0 Å². The molecule has 0 saturated carbocycles. The van der Waals surface area contributed by atoms with Gasteiger partial charge in [0.15, 0.2) is 0 Å². The van der Waals surface area contributed by atoms with Crippen LogP contribution in [0.4, 0.5) is 24.5 Å². The van der Waals surface area contributed by atoms with E-state index in [4.69, 9.17) is 0 Å². The summed E-state index contributed by atoms with van der Waals surface area (Å²) in [4.78, 5) is 23.1. The molecule has 1 atom stereocenters. The minimum Gasteiger partial charge on any atom is -0.375 e. The molecule has 1 aromatic carbocycles. The fourth-order valence-corrected chi connectivity index (χ4v) is 1.54. The highest BCUT2D eigenvalue weighted by Crippen LogP contribution is 2.17. The van der Waals surface area contributed by atoms with Crippen molar-refractivity contribution in [3.63, 3.8) is 0 Å². The zero-order chi connectivity index (χ0) is 17.5. The number of amides is 2. The molecule has 0 saturated heterocycles. The van der Waals surface area contributed by atoms with E-state index in [1.54, 1.807) is 12.1 Å². The fraction of sp³-hybridized carbons (Fsp3) is 0.429. The van der Waals surface area contributed by atoms with E-state index in [0.29, 0.717) is 11.4 Å². The van der Waals surface area contributed by atoms with Gasteiger partial charge in [-0.1, -0.05) is 6.07 Å². The predicted octanol–water partition coefficient (Wildman–Crippen LogP) is 2.18. The Kier molecular flexibility index (Phi) is 6.98. The highest BCUT2D eigenvalue weighted by molar-refractivity contribution is 5.96. The lowest BCUT2D eigenvalue weighted by atomic mass is 10.2. The first-order valence-corrected chi connectivity index (χ1v) is 6.59. The number of carbonyl (C=O) groups is 2. The third kappa shape index (κ3) is 7.61. The molecule has 0 bridgehead atoms. The topological polar surface area (TPSA) is 76.7 Å². The van der Waals surface area contributed by atoms with Gasteiger partial charge in [-0.2, -0.15) is 13.2 Å². The van der Waals surface area contributed by atoms with Crippen LogP contribution >= 0.6 is 0 Å². The zero-order valence-corrected chi connectivity index (χ0v) is 12.6. The summed E-state index contributed by atoms with van der Waals surface area (Å²) >= 11 is 0. The third-order valence-corrected chi connectivity index (χ3v) is 2.56. The molecule has 0 fully saturated rings. The highest BCUT2D eigenvalue weighted by atomic mass is 19.4. The van der Waals surface area contributed by atoms with Crippen molar-refractivity contribution in [2.45, 2.75) is 19.2 Å². The van der Waals surface area contributed by atoms with Crippen molar-refractivity contribution in [3.05, 3.63) is 24.3 Å². The van der Waals surface area contributed by atoms with Crippen molar-refractivity contribution in [1.82, 2.24) is 0 Å². The summed E-state index contributed by atoms with van der Waals surface area (Å²) in [5, 5.41) is 4.95. The van der Waals surface area contributed by atoms with Crippen LogP contribution in [0.2, 0.25) is 0 Å². The Bertz CT molecular complexity index is 549. The first-order valence-electron chi connectivity index (χ1n) is 6.59. The first-order chi connectivity index (χ1) is 10.7. The van der Waals surface area contributed by atoms with E-state index in [0.717, 1.165) is 0 Å². The van der Waals surface area contributed by atoms with E-state index in [9.17, 15) is 22.8 Å². The maximum atomic E-state index is 12.0. The largest absolute Gasteiger partial charge is 0.411 e. The minimum atomic E-state index is -4.50. The molecule has 0 aromatic heterocycles. The number of halogens is 3. The Balaban J connectivity index is 2.59. The summed E-state index contributed by atoms with van der Waals surface area (Å²) in [6, 6.07) is 6.15. The standard InChI is InChI=1S/C14H17F3N2O4/c1-9(23-8-14(15,16)17)13(21)19-11-5-3-4-10(6-11)18-12(20)7-22-2/h3-6,9H,7-8H2,1-2H3,(H,18,20)(H,19,21)/t9-/m1/s1. The van der Waals surface area contributed by atoms with Gasteiger partial charge in [0, 0.05) is 18.5 Å². The van der Waals surface area contributed by atoms with Gasteiger partial charge >= 0.3 is 6.18 Å². The van der Waals surface area contributed by atoms with Gasteiger partial charge in [-0.05, 0) is 25.1 Å². The van der Waals surface area contributed by atoms with Crippen LogP contribution in [0.15, 0.2) is 24.3 Å². The Morgan fingerprint density at radius 3 is 2.39 bits per heavy atom. The summed E-state index contributed by atoms with van der Waals surface area (Å²) < 4.78 is 45.2. The average molecular weight is 334 g/mol. The van der Waals surface area contributed by atoms with Crippen molar-refractivity contribution in [1.29, 1.82) is 0 Å². The number of ether oxygens (including phenoxy) is 2. The summed E-state index contributed by atoms with van der Waals surface area (Å²) in [5.74, 6) is -1.10. The molecule has 6 nitrogen and oxygen atoms in total. The molecule has 0 aliphatic rings. The number of rotatable bonds is 7. The average Bonchev–Trinajstić information content (AvgIpc) is 2.44. The second kappa shape index (κ2) is 8.49. The Morgan fingerprint density at radius 1 is 1.22 bits per heavy atom. The van der Waals surface area contributed by atoms with Crippen molar-refractivity contribution in [3.8, 4) is 0 Å². The summed E-state index contributed by atoms with van der Waals surface area (Å²) in [6.07, 6.45) is -5.77. The highest BCUT2D eigenvalue weighted by Gasteiger charge is 2.29. The molecule has 23 heavy (non-hydrogen) atoms. The van der Waals surface area contributed by atoms with Gasteiger partial charge in [0.2, 0.25) is 5.91 Å². The van der Waals surface area contributed by atoms with E-state index in [2.05, 4.69) is 20.1 Å². The molecule has 1 rings (SSSR count). The lowest BCUT2D eigenvalue weighted by Crippen LogP contribution is -2.31. The van der Waals surface area contributed by atoms with Gasteiger partial charge in [0.05, 0.1) is 0 Å². The van der Waals surface area contributed by atoms with Gasteiger partial charge in [-0.15, -0.1) is 0 Å². The van der Waals surface area contributed by atoms with Crippen molar-refractivity contribution >= 4 is 23.2 Å². The molecule has 1 aromatic rings. The van der Waals surface area contributed by atoms with E-state index < -0.39 is 24.8 Å². The molecule has 2 N–H and O–H groups in total. The van der Waals surface area contributed by atoms with Crippen LogP contribution in [0, 0.1) is 0 Å². The Hall–Kier alpha value is -2.13. The normalized spacial score (nSPS) is 12.6. The molecule has 0 heterocycles.